The summed E-state index contributed by atoms with van der Waals surface area (Å²) < 4.78 is 24.8. The van der Waals surface area contributed by atoms with Crippen molar-refractivity contribution in [2.45, 2.75) is 48.7 Å². The lowest BCUT2D eigenvalue weighted by molar-refractivity contribution is 0.0967. The van der Waals surface area contributed by atoms with Crippen LogP contribution in [0.25, 0.3) is 0 Å². The summed E-state index contributed by atoms with van der Waals surface area (Å²) in [7, 11) is -3.20. The van der Waals surface area contributed by atoms with Crippen LogP contribution in [0.1, 0.15) is 48.9 Å². The third-order valence-corrected chi connectivity index (χ3v) is 6.43. The minimum atomic E-state index is -3.20. The molecule has 2 aliphatic carbocycles. The molecule has 0 saturated heterocycles. The first-order chi connectivity index (χ1) is 9.09. The van der Waals surface area contributed by atoms with Crippen LogP contribution >= 0.6 is 0 Å². The summed E-state index contributed by atoms with van der Waals surface area (Å²) in [6.07, 6.45) is 5.49. The van der Waals surface area contributed by atoms with Crippen LogP contribution in [0.15, 0.2) is 29.2 Å². The lowest BCUT2D eigenvalue weighted by atomic mass is 10.1. The Hall–Kier alpha value is -1.16. The zero-order valence-electron chi connectivity index (χ0n) is 10.8. The number of hydrogen-bond acceptors (Lipinski definition) is 3. The van der Waals surface area contributed by atoms with Gasteiger partial charge in [0.15, 0.2) is 15.6 Å². The second kappa shape index (κ2) is 4.75. The Balaban J connectivity index is 1.83. The first-order valence-electron chi connectivity index (χ1n) is 6.97. The maximum atomic E-state index is 12.4. The zero-order chi connectivity index (χ0) is 13.5. The van der Waals surface area contributed by atoms with Crippen LogP contribution in [0.5, 0.6) is 0 Å². The first-order valence-corrected chi connectivity index (χ1v) is 8.52. The zero-order valence-corrected chi connectivity index (χ0v) is 11.7. The van der Waals surface area contributed by atoms with Gasteiger partial charge in [0.1, 0.15) is 0 Å². The van der Waals surface area contributed by atoms with E-state index in [1.54, 1.807) is 24.3 Å². The van der Waals surface area contributed by atoms with E-state index >= 15 is 0 Å². The second-order valence-corrected chi connectivity index (χ2v) is 7.84. The molecule has 2 saturated carbocycles. The summed E-state index contributed by atoms with van der Waals surface area (Å²) in [6.45, 7) is 0. The second-order valence-electron chi connectivity index (χ2n) is 5.61. The van der Waals surface area contributed by atoms with Crippen LogP contribution in [0.2, 0.25) is 0 Å². The maximum Gasteiger partial charge on any atom is 0.181 e. The quantitative estimate of drug-likeness (QED) is 0.796. The van der Waals surface area contributed by atoms with Crippen molar-refractivity contribution in [3.63, 3.8) is 0 Å². The van der Waals surface area contributed by atoms with Crippen LogP contribution in [0.4, 0.5) is 0 Å². The molecule has 0 atom stereocenters. The minimum absolute atomic E-state index is 0.157. The lowest BCUT2D eigenvalue weighted by Gasteiger charge is -2.11. The van der Waals surface area contributed by atoms with Crippen LogP contribution in [0, 0.1) is 5.92 Å². The molecule has 0 amide bonds. The van der Waals surface area contributed by atoms with E-state index < -0.39 is 9.84 Å². The topological polar surface area (TPSA) is 51.2 Å². The van der Waals surface area contributed by atoms with Crippen molar-refractivity contribution in [1.29, 1.82) is 0 Å². The Morgan fingerprint density at radius 3 is 2.05 bits per heavy atom. The van der Waals surface area contributed by atoms with Crippen molar-refractivity contribution in [3.05, 3.63) is 29.8 Å². The van der Waals surface area contributed by atoms with Crippen molar-refractivity contribution >= 4 is 15.6 Å². The van der Waals surface area contributed by atoms with E-state index in [1.165, 1.54) is 0 Å². The van der Waals surface area contributed by atoms with Gasteiger partial charge in [-0.3, -0.25) is 4.79 Å². The van der Waals surface area contributed by atoms with E-state index in [1.807, 2.05) is 0 Å². The van der Waals surface area contributed by atoms with Crippen molar-refractivity contribution in [3.8, 4) is 0 Å². The average Bonchev–Trinajstić information content (AvgIpc) is 3.11. The van der Waals surface area contributed by atoms with Crippen molar-refractivity contribution in [1.82, 2.24) is 0 Å². The minimum Gasteiger partial charge on any atom is -0.294 e. The van der Waals surface area contributed by atoms with Crippen LogP contribution in [0.3, 0.4) is 0 Å². The summed E-state index contributed by atoms with van der Waals surface area (Å²) in [5.74, 6) is 0.335. The van der Waals surface area contributed by atoms with Crippen molar-refractivity contribution < 1.29 is 13.2 Å². The van der Waals surface area contributed by atoms with Gasteiger partial charge in [-0.1, -0.05) is 25.0 Å². The SMILES string of the molecule is O=C(c1ccc(S(=O)(=O)C2CCCC2)cc1)C1CC1. The molecular weight excluding hydrogens is 260 g/mol. The molecule has 3 rings (SSSR count). The summed E-state index contributed by atoms with van der Waals surface area (Å²) in [5.41, 5.74) is 0.646. The third kappa shape index (κ3) is 2.46. The van der Waals surface area contributed by atoms with Crippen molar-refractivity contribution in [2.24, 2.45) is 5.92 Å². The molecule has 19 heavy (non-hydrogen) atoms. The Bertz CT molecular complexity index is 576. The molecular formula is C15H18O3S. The lowest BCUT2D eigenvalue weighted by Crippen LogP contribution is -2.17. The standard InChI is InChI=1S/C15H18O3S/c16-15(11-5-6-11)12-7-9-14(10-8-12)19(17,18)13-3-1-2-4-13/h7-11,13H,1-6H2. The van der Waals surface area contributed by atoms with E-state index in [9.17, 15) is 13.2 Å². The first kappa shape index (κ1) is 12.9. The van der Waals surface area contributed by atoms with Gasteiger partial charge in [0, 0.05) is 11.5 Å². The van der Waals surface area contributed by atoms with Gasteiger partial charge in [-0.15, -0.1) is 0 Å². The number of rotatable bonds is 4. The molecule has 0 aliphatic heterocycles. The highest BCUT2D eigenvalue weighted by Crippen LogP contribution is 2.33. The number of ketones is 1. The van der Waals surface area contributed by atoms with E-state index in [-0.39, 0.29) is 17.0 Å². The van der Waals surface area contributed by atoms with Gasteiger partial charge in [0.25, 0.3) is 0 Å². The van der Waals surface area contributed by atoms with Gasteiger partial charge in [-0.2, -0.15) is 0 Å². The fraction of sp³-hybridized carbons (Fsp3) is 0.533. The molecule has 0 heterocycles. The molecule has 0 N–H and O–H groups in total. The summed E-state index contributed by atoms with van der Waals surface area (Å²) in [6, 6.07) is 6.54. The van der Waals surface area contributed by atoms with Gasteiger partial charge in [0.2, 0.25) is 0 Å². The molecule has 102 valence electrons. The highest BCUT2D eigenvalue weighted by atomic mass is 32.2. The van der Waals surface area contributed by atoms with Crippen LogP contribution < -0.4 is 0 Å². The predicted octanol–water partition coefficient (Wildman–Crippen LogP) is 3.00. The molecule has 2 fully saturated rings. The Morgan fingerprint density at radius 2 is 1.53 bits per heavy atom. The highest BCUT2D eigenvalue weighted by molar-refractivity contribution is 7.92. The van der Waals surface area contributed by atoms with E-state index in [4.69, 9.17) is 0 Å². The number of Topliss-reactive ketones (excluding diaryl/α,β-unsaturated/α-hetero) is 1. The molecule has 2 aliphatic rings. The fourth-order valence-electron chi connectivity index (χ4n) is 2.78. The monoisotopic (exact) mass is 278 g/mol. The predicted molar refractivity (Wildman–Crippen MR) is 72.9 cm³/mol. The molecule has 0 radical (unpaired) electrons. The Kier molecular flexibility index (Phi) is 3.21. The molecule has 3 nitrogen and oxygen atoms in total. The van der Waals surface area contributed by atoms with E-state index in [0.29, 0.717) is 10.5 Å². The largest absolute Gasteiger partial charge is 0.294 e. The molecule has 1 aromatic rings. The Labute approximate surface area is 113 Å². The average molecular weight is 278 g/mol. The van der Waals surface area contributed by atoms with Crippen molar-refractivity contribution in [2.75, 3.05) is 0 Å². The van der Waals surface area contributed by atoms with Gasteiger partial charge in [-0.25, -0.2) is 8.42 Å². The van der Waals surface area contributed by atoms with E-state index in [0.717, 1.165) is 38.5 Å². The number of benzene rings is 1. The number of carbonyl (C=O) groups is 1. The summed E-state index contributed by atoms with van der Waals surface area (Å²) >= 11 is 0. The smallest absolute Gasteiger partial charge is 0.181 e. The van der Waals surface area contributed by atoms with E-state index in [2.05, 4.69) is 0 Å². The molecule has 0 aromatic heterocycles. The van der Waals surface area contributed by atoms with Gasteiger partial charge in [-0.05, 0) is 37.8 Å². The van der Waals surface area contributed by atoms with Crippen LogP contribution in [-0.2, 0) is 9.84 Å². The fourth-order valence-corrected chi connectivity index (χ4v) is 4.64. The van der Waals surface area contributed by atoms with Gasteiger partial charge >= 0.3 is 0 Å². The number of sulfone groups is 1. The number of carbonyl (C=O) groups excluding carboxylic acids is 1. The summed E-state index contributed by atoms with van der Waals surface area (Å²) in [4.78, 5) is 12.2. The third-order valence-electron chi connectivity index (χ3n) is 4.16. The highest BCUT2D eigenvalue weighted by Gasteiger charge is 2.32. The number of hydrogen-bond donors (Lipinski definition) is 0. The molecule has 4 heteroatoms. The molecule has 0 unspecified atom stereocenters. The summed E-state index contributed by atoms with van der Waals surface area (Å²) in [5, 5.41) is -0.225. The Morgan fingerprint density at radius 1 is 0.947 bits per heavy atom. The van der Waals surface area contributed by atoms with Gasteiger partial charge in [0.05, 0.1) is 10.1 Å². The molecule has 0 bridgehead atoms. The normalized spacial score (nSPS) is 20.6. The van der Waals surface area contributed by atoms with Crippen LogP contribution in [-0.4, -0.2) is 19.5 Å². The maximum absolute atomic E-state index is 12.4. The molecule has 0 spiro atoms. The van der Waals surface area contributed by atoms with Gasteiger partial charge < -0.3 is 0 Å². The molecule has 1 aromatic carbocycles.